The van der Waals surface area contributed by atoms with Crippen molar-refractivity contribution in [2.75, 3.05) is 20.1 Å². The first-order valence-corrected chi connectivity index (χ1v) is 5.74. The summed E-state index contributed by atoms with van der Waals surface area (Å²) in [6.45, 7) is 5.33. The standard InChI is InChI=1S/C13H22N2/c1-12-5-7-13(8-6-12)11-15-10-4-3-9-14-2/h5-8,14-15H,3-4,9-11H2,1-2H3. The molecule has 0 saturated carbocycles. The van der Waals surface area contributed by atoms with Crippen LogP contribution in [0.4, 0.5) is 0 Å². The first-order valence-electron chi connectivity index (χ1n) is 5.74. The van der Waals surface area contributed by atoms with Crippen molar-refractivity contribution >= 4 is 0 Å². The maximum Gasteiger partial charge on any atom is 0.0205 e. The lowest BCUT2D eigenvalue weighted by Gasteiger charge is -2.05. The third-order valence-corrected chi connectivity index (χ3v) is 2.48. The molecule has 1 aromatic carbocycles. The summed E-state index contributed by atoms with van der Waals surface area (Å²) in [7, 11) is 2.00. The molecule has 0 spiro atoms. The van der Waals surface area contributed by atoms with Gasteiger partial charge >= 0.3 is 0 Å². The van der Waals surface area contributed by atoms with Crippen LogP contribution in [0, 0.1) is 6.92 Å². The third kappa shape index (κ3) is 5.55. The fraction of sp³-hybridized carbons (Fsp3) is 0.538. The molecule has 0 atom stereocenters. The highest BCUT2D eigenvalue weighted by molar-refractivity contribution is 5.20. The molecule has 0 aliphatic carbocycles. The zero-order valence-electron chi connectivity index (χ0n) is 9.84. The first kappa shape index (κ1) is 12.2. The van der Waals surface area contributed by atoms with Gasteiger partial charge in [-0.05, 0) is 45.5 Å². The normalized spacial score (nSPS) is 10.5. The lowest BCUT2D eigenvalue weighted by atomic mass is 10.1. The number of rotatable bonds is 7. The Labute approximate surface area is 93.1 Å². The predicted molar refractivity (Wildman–Crippen MR) is 66.0 cm³/mol. The Morgan fingerprint density at radius 2 is 1.67 bits per heavy atom. The summed E-state index contributed by atoms with van der Waals surface area (Å²) in [5.74, 6) is 0. The maximum atomic E-state index is 3.45. The van der Waals surface area contributed by atoms with E-state index in [9.17, 15) is 0 Å². The molecule has 2 nitrogen and oxygen atoms in total. The summed E-state index contributed by atoms with van der Waals surface area (Å²) in [5.41, 5.74) is 2.70. The second kappa shape index (κ2) is 7.43. The number of benzene rings is 1. The van der Waals surface area contributed by atoms with E-state index in [1.807, 2.05) is 7.05 Å². The molecule has 84 valence electrons. The molecular weight excluding hydrogens is 184 g/mol. The second-order valence-corrected chi connectivity index (χ2v) is 3.97. The zero-order chi connectivity index (χ0) is 10.9. The minimum Gasteiger partial charge on any atom is -0.320 e. The molecule has 0 radical (unpaired) electrons. The Morgan fingerprint density at radius 3 is 2.33 bits per heavy atom. The van der Waals surface area contributed by atoms with Crippen molar-refractivity contribution in [1.82, 2.24) is 10.6 Å². The van der Waals surface area contributed by atoms with Crippen molar-refractivity contribution < 1.29 is 0 Å². The highest BCUT2D eigenvalue weighted by atomic mass is 14.8. The van der Waals surface area contributed by atoms with E-state index >= 15 is 0 Å². The topological polar surface area (TPSA) is 24.1 Å². The van der Waals surface area contributed by atoms with Gasteiger partial charge in [-0.3, -0.25) is 0 Å². The van der Waals surface area contributed by atoms with E-state index in [1.165, 1.54) is 24.0 Å². The van der Waals surface area contributed by atoms with Gasteiger partial charge in [0.2, 0.25) is 0 Å². The molecule has 0 aliphatic rings. The Morgan fingerprint density at radius 1 is 1.00 bits per heavy atom. The van der Waals surface area contributed by atoms with Gasteiger partial charge < -0.3 is 10.6 Å². The third-order valence-electron chi connectivity index (χ3n) is 2.48. The molecule has 2 heteroatoms. The molecule has 1 rings (SSSR count). The number of unbranched alkanes of at least 4 members (excludes halogenated alkanes) is 1. The monoisotopic (exact) mass is 206 g/mol. The molecule has 2 N–H and O–H groups in total. The predicted octanol–water partition coefficient (Wildman–Crippen LogP) is 2.08. The van der Waals surface area contributed by atoms with Crippen LogP contribution in [0.2, 0.25) is 0 Å². The number of hydrogen-bond acceptors (Lipinski definition) is 2. The van der Waals surface area contributed by atoms with Gasteiger partial charge in [0, 0.05) is 6.54 Å². The largest absolute Gasteiger partial charge is 0.320 e. The van der Waals surface area contributed by atoms with Gasteiger partial charge in [-0.2, -0.15) is 0 Å². The van der Waals surface area contributed by atoms with Crippen LogP contribution in [0.15, 0.2) is 24.3 Å². The van der Waals surface area contributed by atoms with Crippen LogP contribution in [0.5, 0.6) is 0 Å². The Hall–Kier alpha value is -0.860. The average Bonchev–Trinajstić information content (AvgIpc) is 2.26. The summed E-state index contributed by atoms with van der Waals surface area (Å²) in [6, 6.07) is 8.71. The molecule has 0 unspecified atom stereocenters. The fourth-order valence-electron chi connectivity index (χ4n) is 1.49. The smallest absolute Gasteiger partial charge is 0.0205 e. The van der Waals surface area contributed by atoms with Crippen molar-refractivity contribution in [1.29, 1.82) is 0 Å². The van der Waals surface area contributed by atoms with Gasteiger partial charge in [-0.15, -0.1) is 0 Å². The highest BCUT2D eigenvalue weighted by Crippen LogP contribution is 2.02. The van der Waals surface area contributed by atoms with E-state index in [2.05, 4.69) is 41.8 Å². The van der Waals surface area contributed by atoms with Gasteiger partial charge in [0.05, 0.1) is 0 Å². The van der Waals surface area contributed by atoms with Gasteiger partial charge in [-0.25, -0.2) is 0 Å². The number of nitrogens with one attached hydrogen (secondary N) is 2. The fourth-order valence-corrected chi connectivity index (χ4v) is 1.49. The van der Waals surface area contributed by atoms with E-state index in [-0.39, 0.29) is 0 Å². The molecule has 0 aromatic heterocycles. The van der Waals surface area contributed by atoms with Crippen LogP contribution in [0.3, 0.4) is 0 Å². The van der Waals surface area contributed by atoms with Crippen molar-refractivity contribution in [3.05, 3.63) is 35.4 Å². The van der Waals surface area contributed by atoms with Crippen LogP contribution in [0.1, 0.15) is 24.0 Å². The summed E-state index contributed by atoms with van der Waals surface area (Å²) in [5, 5.41) is 6.61. The minimum absolute atomic E-state index is 0.986. The van der Waals surface area contributed by atoms with E-state index in [0.29, 0.717) is 0 Å². The van der Waals surface area contributed by atoms with E-state index < -0.39 is 0 Å². The SMILES string of the molecule is CNCCCCNCc1ccc(C)cc1. The molecule has 15 heavy (non-hydrogen) atoms. The van der Waals surface area contributed by atoms with E-state index in [0.717, 1.165) is 19.6 Å². The Bertz CT molecular complexity index is 254. The van der Waals surface area contributed by atoms with Gasteiger partial charge in [0.15, 0.2) is 0 Å². The molecule has 0 aliphatic heterocycles. The van der Waals surface area contributed by atoms with Crippen molar-refractivity contribution in [2.45, 2.75) is 26.3 Å². The summed E-state index contributed by atoms with van der Waals surface area (Å²) in [4.78, 5) is 0. The maximum absolute atomic E-state index is 3.45. The molecule has 0 amide bonds. The summed E-state index contributed by atoms with van der Waals surface area (Å²) >= 11 is 0. The second-order valence-electron chi connectivity index (χ2n) is 3.97. The van der Waals surface area contributed by atoms with E-state index in [4.69, 9.17) is 0 Å². The summed E-state index contributed by atoms with van der Waals surface area (Å²) < 4.78 is 0. The van der Waals surface area contributed by atoms with Gasteiger partial charge in [0.25, 0.3) is 0 Å². The Balaban J connectivity index is 2.07. The average molecular weight is 206 g/mol. The molecule has 1 aromatic rings. The van der Waals surface area contributed by atoms with Crippen LogP contribution in [0.25, 0.3) is 0 Å². The van der Waals surface area contributed by atoms with Crippen LogP contribution < -0.4 is 10.6 Å². The van der Waals surface area contributed by atoms with Crippen molar-refractivity contribution in [2.24, 2.45) is 0 Å². The lowest BCUT2D eigenvalue weighted by molar-refractivity contribution is 0.605. The molecule has 0 fully saturated rings. The summed E-state index contributed by atoms with van der Waals surface area (Å²) in [6.07, 6.45) is 2.49. The number of aryl methyl sites for hydroxylation is 1. The Kier molecular flexibility index (Phi) is 6.05. The van der Waals surface area contributed by atoms with Crippen molar-refractivity contribution in [3.8, 4) is 0 Å². The molecule has 0 saturated heterocycles. The van der Waals surface area contributed by atoms with Gasteiger partial charge in [0.1, 0.15) is 0 Å². The van der Waals surface area contributed by atoms with E-state index in [1.54, 1.807) is 0 Å². The van der Waals surface area contributed by atoms with Crippen LogP contribution in [-0.4, -0.2) is 20.1 Å². The van der Waals surface area contributed by atoms with Crippen LogP contribution in [-0.2, 0) is 6.54 Å². The van der Waals surface area contributed by atoms with Crippen molar-refractivity contribution in [3.63, 3.8) is 0 Å². The van der Waals surface area contributed by atoms with Gasteiger partial charge in [-0.1, -0.05) is 29.8 Å². The zero-order valence-corrected chi connectivity index (χ0v) is 9.84. The number of hydrogen-bond donors (Lipinski definition) is 2. The highest BCUT2D eigenvalue weighted by Gasteiger charge is 1.92. The quantitative estimate of drug-likeness (QED) is 0.667. The molecule has 0 heterocycles. The minimum atomic E-state index is 0.986. The first-order chi connectivity index (χ1) is 7.33. The molecule has 0 bridgehead atoms. The lowest BCUT2D eigenvalue weighted by Crippen LogP contribution is -2.16. The molecular formula is C13H22N2. The van der Waals surface area contributed by atoms with Crippen LogP contribution >= 0.6 is 0 Å².